The highest BCUT2D eigenvalue weighted by Gasteiger charge is 2.01. The molecule has 0 unspecified atom stereocenters. The van der Waals surface area contributed by atoms with E-state index in [0.717, 1.165) is 11.4 Å². The van der Waals surface area contributed by atoms with Gasteiger partial charge in [0.05, 0.1) is 11.9 Å². The van der Waals surface area contributed by atoms with Gasteiger partial charge in [-0.05, 0) is 30.5 Å². The Bertz CT molecular complexity index is 423. The molecule has 0 aromatic carbocycles. The Kier molecular flexibility index (Phi) is 3.54. The standard InChI is InChI=1S/C12H14N2OS/c1-9(13)12-5-4-10(7-14-12)15-8-11-3-2-6-16-11/h2-7,9H,8,13H2,1H3/t9-/m0/s1. The van der Waals surface area contributed by atoms with Gasteiger partial charge in [0.25, 0.3) is 0 Å². The number of hydrogen-bond acceptors (Lipinski definition) is 4. The second kappa shape index (κ2) is 5.09. The number of thiophene rings is 1. The summed E-state index contributed by atoms with van der Waals surface area (Å²) in [5.41, 5.74) is 6.59. The van der Waals surface area contributed by atoms with Gasteiger partial charge in [-0.25, -0.2) is 0 Å². The van der Waals surface area contributed by atoms with Gasteiger partial charge in [0.15, 0.2) is 0 Å². The molecular weight excluding hydrogens is 220 g/mol. The van der Waals surface area contributed by atoms with Crippen molar-refractivity contribution in [1.82, 2.24) is 4.98 Å². The molecule has 0 saturated carbocycles. The first-order valence-corrected chi connectivity index (χ1v) is 6.00. The summed E-state index contributed by atoms with van der Waals surface area (Å²) in [4.78, 5) is 5.44. The van der Waals surface area contributed by atoms with Crippen molar-refractivity contribution in [3.63, 3.8) is 0 Å². The maximum absolute atomic E-state index is 5.71. The van der Waals surface area contributed by atoms with Crippen LogP contribution in [0.4, 0.5) is 0 Å². The molecule has 0 aliphatic heterocycles. The van der Waals surface area contributed by atoms with Crippen molar-refractivity contribution < 1.29 is 4.74 Å². The van der Waals surface area contributed by atoms with Crippen LogP contribution >= 0.6 is 11.3 Å². The van der Waals surface area contributed by atoms with Crippen molar-refractivity contribution in [1.29, 1.82) is 0 Å². The number of nitrogens with zero attached hydrogens (tertiary/aromatic N) is 1. The molecule has 2 heterocycles. The molecule has 0 bridgehead atoms. The number of ether oxygens (including phenoxy) is 1. The van der Waals surface area contributed by atoms with Gasteiger partial charge in [0.2, 0.25) is 0 Å². The fourth-order valence-corrected chi connectivity index (χ4v) is 1.91. The molecule has 0 aliphatic rings. The van der Waals surface area contributed by atoms with Crippen molar-refractivity contribution in [3.05, 3.63) is 46.4 Å². The molecule has 2 aromatic heterocycles. The fraction of sp³-hybridized carbons (Fsp3) is 0.250. The molecule has 4 heteroatoms. The van der Waals surface area contributed by atoms with Crippen LogP contribution in [-0.2, 0) is 6.61 Å². The predicted molar refractivity (Wildman–Crippen MR) is 65.5 cm³/mol. The lowest BCUT2D eigenvalue weighted by molar-refractivity contribution is 0.308. The molecule has 2 rings (SSSR count). The van der Waals surface area contributed by atoms with E-state index in [1.54, 1.807) is 17.5 Å². The lowest BCUT2D eigenvalue weighted by atomic mass is 10.2. The van der Waals surface area contributed by atoms with Gasteiger partial charge in [-0.1, -0.05) is 6.07 Å². The summed E-state index contributed by atoms with van der Waals surface area (Å²) in [5.74, 6) is 0.776. The van der Waals surface area contributed by atoms with Gasteiger partial charge >= 0.3 is 0 Å². The highest BCUT2D eigenvalue weighted by Crippen LogP contribution is 2.16. The lowest BCUT2D eigenvalue weighted by Gasteiger charge is -2.07. The van der Waals surface area contributed by atoms with Crippen LogP contribution in [0, 0.1) is 0 Å². The van der Waals surface area contributed by atoms with E-state index >= 15 is 0 Å². The van der Waals surface area contributed by atoms with E-state index in [9.17, 15) is 0 Å². The molecular formula is C12H14N2OS. The first-order chi connectivity index (χ1) is 7.75. The molecule has 0 aliphatic carbocycles. The SMILES string of the molecule is C[C@H](N)c1ccc(OCc2cccs2)cn1. The summed E-state index contributed by atoms with van der Waals surface area (Å²) in [6.07, 6.45) is 1.71. The summed E-state index contributed by atoms with van der Waals surface area (Å²) in [6.45, 7) is 2.51. The third-order valence-corrected chi connectivity index (χ3v) is 3.04. The third-order valence-electron chi connectivity index (χ3n) is 2.19. The minimum atomic E-state index is -0.0358. The fourth-order valence-electron chi connectivity index (χ4n) is 1.30. The highest BCUT2D eigenvalue weighted by atomic mass is 32.1. The van der Waals surface area contributed by atoms with Crippen LogP contribution < -0.4 is 10.5 Å². The van der Waals surface area contributed by atoms with Crippen molar-refractivity contribution in [2.75, 3.05) is 0 Å². The van der Waals surface area contributed by atoms with Crippen LogP contribution in [0.5, 0.6) is 5.75 Å². The smallest absolute Gasteiger partial charge is 0.138 e. The zero-order chi connectivity index (χ0) is 11.4. The van der Waals surface area contributed by atoms with E-state index in [1.165, 1.54) is 4.88 Å². The van der Waals surface area contributed by atoms with Gasteiger partial charge in [-0.15, -0.1) is 11.3 Å². The summed E-state index contributed by atoms with van der Waals surface area (Å²) in [7, 11) is 0. The summed E-state index contributed by atoms with van der Waals surface area (Å²) in [5, 5.41) is 2.04. The van der Waals surface area contributed by atoms with Crippen LogP contribution in [0.15, 0.2) is 35.8 Å². The predicted octanol–water partition coefficient (Wildman–Crippen LogP) is 2.74. The number of rotatable bonds is 4. The molecule has 1 atom stereocenters. The van der Waals surface area contributed by atoms with Gasteiger partial charge in [-0.3, -0.25) is 4.98 Å². The minimum absolute atomic E-state index is 0.0358. The Hall–Kier alpha value is -1.39. The second-order valence-corrected chi connectivity index (χ2v) is 4.61. The second-order valence-electron chi connectivity index (χ2n) is 3.58. The average Bonchev–Trinajstić information content (AvgIpc) is 2.80. The van der Waals surface area contributed by atoms with E-state index in [4.69, 9.17) is 10.5 Å². The summed E-state index contributed by atoms with van der Waals surface area (Å²) in [6, 6.07) is 7.83. The summed E-state index contributed by atoms with van der Waals surface area (Å²) < 4.78 is 5.59. The normalized spacial score (nSPS) is 12.4. The van der Waals surface area contributed by atoms with Gasteiger partial charge in [-0.2, -0.15) is 0 Å². The zero-order valence-corrected chi connectivity index (χ0v) is 9.91. The van der Waals surface area contributed by atoms with Crippen molar-refractivity contribution in [2.45, 2.75) is 19.6 Å². The maximum Gasteiger partial charge on any atom is 0.138 e. The molecule has 0 fully saturated rings. The van der Waals surface area contributed by atoms with E-state index < -0.39 is 0 Å². The molecule has 0 spiro atoms. The molecule has 2 aromatic rings. The zero-order valence-electron chi connectivity index (χ0n) is 9.09. The Morgan fingerprint density at radius 1 is 1.44 bits per heavy atom. The third kappa shape index (κ3) is 2.81. The van der Waals surface area contributed by atoms with Crippen molar-refractivity contribution in [2.24, 2.45) is 5.73 Å². The van der Waals surface area contributed by atoms with Crippen LogP contribution in [0.25, 0.3) is 0 Å². The van der Waals surface area contributed by atoms with E-state index in [1.807, 2.05) is 30.5 Å². The highest BCUT2D eigenvalue weighted by molar-refractivity contribution is 7.09. The molecule has 0 saturated heterocycles. The number of hydrogen-bond donors (Lipinski definition) is 1. The molecule has 3 nitrogen and oxygen atoms in total. The van der Waals surface area contributed by atoms with Crippen LogP contribution in [0.2, 0.25) is 0 Å². The van der Waals surface area contributed by atoms with Crippen molar-refractivity contribution in [3.8, 4) is 5.75 Å². The van der Waals surface area contributed by atoms with Gasteiger partial charge in [0.1, 0.15) is 12.4 Å². The van der Waals surface area contributed by atoms with Gasteiger partial charge < -0.3 is 10.5 Å². The topological polar surface area (TPSA) is 48.1 Å². The Labute approximate surface area is 98.9 Å². The average molecular weight is 234 g/mol. The minimum Gasteiger partial charge on any atom is -0.486 e. The summed E-state index contributed by atoms with van der Waals surface area (Å²) >= 11 is 1.68. The molecule has 0 radical (unpaired) electrons. The molecule has 16 heavy (non-hydrogen) atoms. The quantitative estimate of drug-likeness (QED) is 0.884. The molecule has 84 valence electrons. The Morgan fingerprint density at radius 2 is 2.31 bits per heavy atom. The van der Waals surface area contributed by atoms with E-state index in [-0.39, 0.29) is 6.04 Å². The largest absolute Gasteiger partial charge is 0.486 e. The Morgan fingerprint density at radius 3 is 2.88 bits per heavy atom. The van der Waals surface area contributed by atoms with Crippen LogP contribution in [0.1, 0.15) is 23.5 Å². The van der Waals surface area contributed by atoms with Gasteiger partial charge in [0, 0.05) is 10.9 Å². The lowest BCUT2D eigenvalue weighted by Crippen LogP contribution is -2.06. The first-order valence-electron chi connectivity index (χ1n) is 5.12. The maximum atomic E-state index is 5.71. The number of pyridine rings is 1. The van der Waals surface area contributed by atoms with Crippen LogP contribution in [-0.4, -0.2) is 4.98 Å². The monoisotopic (exact) mass is 234 g/mol. The van der Waals surface area contributed by atoms with Crippen molar-refractivity contribution >= 4 is 11.3 Å². The molecule has 2 N–H and O–H groups in total. The number of nitrogens with two attached hydrogens (primary N) is 1. The Balaban J connectivity index is 1.95. The van der Waals surface area contributed by atoms with E-state index in [2.05, 4.69) is 11.1 Å². The molecule has 0 amide bonds. The first kappa shape index (κ1) is 11.1. The number of aromatic nitrogens is 1. The van der Waals surface area contributed by atoms with Crippen LogP contribution in [0.3, 0.4) is 0 Å². The van der Waals surface area contributed by atoms with E-state index in [0.29, 0.717) is 6.61 Å².